The van der Waals surface area contributed by atoms with Gasteiger partial charge in [0.05, 0.1) is 10.6 Å². The maximum Gasteiger partial charge on any atom is 0.323 e. The van der Waals surface area contributed by atoms with E-state index in [-0.39, 0.29) is 17.5 Å². The molecule has 1 N–H and O–H groups in total. The van der Waals surface area contributed by atoms with Crippen LogP contribution in [-0.4, -0.2) is 53.5 Å². The quantitative estimate of drug-likeness (QED) is 0.919. The van der Waals surface area contributed by atoms with E-state index in [1.807, 2.05) is 0 Å². The Kier molecular flexibility index (Phi) is 5.01. The highest BCUT2D eigenvalue weighted by Crippen LogP contribution is 2.24. The van der Waals surface area contributed by atoms with E-state index in [4.69, 9.17) is 16.7 Å². The van der Waals surface area contributed by atoms with Gasteiger partial charge in [0, 0.05) is 26.3 Å². The zero-order valence-electron chi connectivity index (χ0n) is 11.9. The average molecular weight is 312 g/mol. The summed E-state index contributed by atoms with van der Waals surface area (Å²) in [6.07, 6.45) is 4.65. The lowest BCUT2D eigenvalue weighted by atomic mass is 10.1. The molecular weight excluding hydrogens is 294 g/mol. The van der Waals surface area contributed by atoms with Gasteiger partial charge in [-0.2, -0.15) is 0 Å². The molecule has 7 heteroatoms. The summed E-state index contributed by atoms with van der Waals surface area (Å²) < 4.78 is 0. The molecule has 1 aliphatic rings. The number of aromatic nitrogens is 1. The van der Waals surface area contributed by atoms with E-state index in [1.54, 1.807) is 18.0 Å². The first kappa shape index (κ1) is 15.6. The van der Waals surface area contributed by atoms with Crippen LogP contribution in [0.25, 0.3) is 0 Å². The summed E-state index contributed by atoms with van der Waals surface area (Å²) in [4.78, 5) is 30.4. The van der Waals surface area contributed by atoms with E-state index in [0.717, 1.165) is 32.4 Å². The zero-order valence-corrected chi connectivity index (χ0v) is 12.6. The van der Waals surface area contributed by atoms with Crippen molar-refractivity contribution in [3.63, 3.8) is 0 Å². The third-order valence-corrected chi connectivity index (χ3v) is 3.72. The van der Waals surface area contributed by atoms with Gasteiger partial charge in [-0.1, -0.05) is 11.6 Å². The fraction of sp³-hybridized carbons (Fsp3) is 0.500. The first-order valence-corrected chi connectivity index (χ1v) is 7.24. The third-order valence-electron chi connectivity index (χ3n) is 3.45. The lowest BCUT2D eigenvalue weighted by Crippen LogP contribution is -2.35. The second-order valence-electron chi connectivity index (χ2n) is 5.13. The van der Waals surface area contributed by atoms with E-state index in [0.29, 0.717) is 11.4 Å². The normalized spacial score (nSPS) is 14.9. The molecule has 2 heterocycles. The van der Waals surface area contributed by atoms with Crippen LogP contribution in [-0.2, 0) is 4.79 Å². The molecule has 0 radical (unpaired) electrons. The van der Waals surface area contributed by atoms with Crippen molar-refractivity contribution in [1.82, 2.24) is 9.88 Å². The lowest BCUT2D eigenvalue weighted by Gasteiger charge is -2.27. The van der Waals surface area contributed by atoms with E-state index in [9.17, 15) is 9.59 Å². The Morgan fingerprint density at radius 1 is 1.38 bits per heavy atom. The lowest BCUT2D eigenvalue weighted by molar-refractivity contribution is -0.135. The van der Waals surface area contributed by atoms with Crippen LogP contribution in [0.4, 0.5) is 5.82 Å². The Hall–Kier alpha value is -1.82. The van der Waals surface area contributed by atoms with Crippen LogP contribution in [0.5, 0.6) is 0 Å². The number of carbonyl (C=O) groups excluding carboxylic acids is 1. The minimum absolute atomic E-state index is 0.0727. The number of anilines is 1. The standard InChI is InChI=1S/C14H18ClN3O3/c1-17(9-12(19)20)13-11(15)7-10(8-16-13)14(21)18-5-3-2-4-6-18/h7-8H,2-6,9H2,1H3,(H,19,20). The van der Waals surface area contributed by atoms with Gasteiger partial charge in [0.2, 0.25) is 0 Å². The smallest absolute Gasteiger partial charge is 0.323 e. The number of hydrogen-bond donors (Lipinski definition) is 1. The van der Waals surface area contributed by atoms with Crippen molar-refractivity contribution in [2.24, 2.45) is 0 Å². The summed E-state index contributed by atoms with van der Waals surface area (Å²) in [5.74, 6) is -0.686. The predicted octanol–water partition coefficient (Wildman–Crippen LogP) is 1.88. The maximum atomic E-state index is 12.3. The minimum Gasteiger partial charge on any atom is -0.480 e. The number of rotatable bonds is 4. The number of amides is 1. The second kappa shape index (κ2) is 6.76. The average Bonchev–Trinajstić information content (AvgIpc) is 2.46. The van der Waals surface area contributed by atoms with Crippen molar-refractivity contribution in [1.29, 1.82) is 0 Å². The van der Waals surface area contributed by atoms with Crippen molar-refractivity contribution in [3.8, 4) is 0 Å². The van der Waals surface area contributed by atoms with Crippen molar-refractivity contribution in [2.75, 3.05) is 31.6 Å². The molecule has 1 fully saturated rings. The molecular formula is C14H18ClN3O3. The summed E-state index contributed by atoms with van der Waals surface area (Å²) in [6, 6.07) is 1.55. The monoisotopic (exact) mass is 311 g/mol. The van der Waals surface area contributed by atoms with Gasteiger partial charge in [0.25, 0.3) is 5.91 Å². The van der Waals surface area contributed by atoms with Gasteiger partial charge >= 0.3 is 5.97 Å². The molecule has 1 aliphatic heterocycles. The number of carbonyl (C=O) groups is 2. The predicted molar refractivity (Wildman–Crippen MR) is 79.9 cm³/mol. The Bertz CT molecular complexity index is 544. The van der Waals surface area contributed by atoms with Gasteiger partial charge in [-0.15, -0.1) is 0 Å². The van der Waals surface area contributed by atoms with E-state index in [2.05, 4.69) is 4.98 Å². The van der Waals surface area contributed by atoms with Crippen LogP contribution in [0.2, 0.25) is 5.02 Å². The number of piperidine rings is 1. The van der Waals surface area contributed by atoms with E-state index >= 15 is 0 Å². The van der Waals surface area contributed by atoms with Gasteiger partial charge in [0.1, 0.15) is 12.4 Å². The molecule has 1 aromatic heterocycles. The van der Waals surface area contributed by atoms with Gasteiger partial charge in [-0.25, -0.2) is 4.98 Å². The van der Waals surface area contributed by atoms with Gasteiger partial charge in [-0.3, -0.25) is 9.59 Å². The van der Waals surface area contributed by atoms with E-state index < -0.39 is 5.97 Å². The largest absolute Gasteiger partial charge is 0.480 e. The Balaban J connectivity index is 2.14. The van der Waals surface area contributed by atoms with Crippen molar-refractivity contribution >= 4 is 29.3 Å². The molecule has 2 rings (SSSR count). The SMILES string of the molecule is CN(CC(=O)O)c1ncc(C(=O)N2CCCCC2)cc1Cl. The Labute approximate surface area is 128 Å². The van der Waals surface area contributed by atoms with Gasteiger partial charge < -0.3 is 14.9 Å². The van der Waals surface area contributed by atoms with Crippen LogP contribution < -0.4 is 4.90 Å². The second-order valence-corrected chi connectivity index (χ2v) is 5.54. The number of halogens is 1. The third kappa shape index (κ3) is 3.85. The summed E-state index contributed by atoms with van der Waals surface area (Å²) in [7, 11) is 1.59. The molecule has 0 bridgehead atoms. The highest BCUT2D eigenvalue weighted by molar-refractivity contribution is 6.33. The molecule has 0 aromatic carbocycles. The highest BCUT2D eigenvalue weighted by Gasteiger charge is 2.20. The number of carboxylic acid groups (broad SMARTS) is 1. The van der Waals surface area contributed by atoms with Crippen LogP contribution >= 0.6 is 11.6 Å². The number of likely N-dealkylation sites (tertiary alicyclic amines) is 1. The number of pyridine rings is 1. The summed E-state index contributed by atoms with van der Waals surface area (Å²) in [6.45, 7) is 1.32. The fourth-order valence-corrected chi connectivity index (χ4v) is 2.70. The number of carboxylic acids is 1. The van der Waals surface area contributed by atoms with Gasteiger partial charge in [-0.05, 0) is 25.3 Å². The van der Waals surface area contributed by atoms with Crippen LogP contribution in [0.3, 0.4) is 0 Å². The Morgan fingerprint density at radius 3 is 2.62 bits per heavy atom. The first-order valence-electron chi connectivity index (χ1n) is 6.87. The van der Waals surface area contributed by atoms with Crippen LogP contribution in [0.1, 0.15) is 29.6 Å². The molecule has 1 saturated heterocycles. The maximum absolute atomic E-state index is 12.3. The molecule has 0 saturated carbocycles. The molecule has 0 atom stereocenters. The molecule has 6 nitrogen and oxygen atoms in total. The first-order chi connectivity index (χ1) is 9.99. The van der Waals surface area contributed by atoms with Crippen LogP contribution in [0, 0.1) is 0 Å². The summed E-state index contributed by atoms with van der Waals surface area (Å²) in [5.41, 5.74) is 0.439. The highest BCUT2D eigenvalue weighted by atomic mass is 35.5. The van der Waals surface area contributed by atoms with Crippen molar-refractivity contribution < 1.29 is 14.7 Å². The van der Waals surface area contributed by atoms with Crippen molar-refractivity contribution in [3.05, 3.63) is 22.8 Å². The van der Waals surface area contributed by atoms with Gasteiger partial charge in [0.15, 0.2) is 0 Å². The fourth-order valence-electron chi connectivity index (χ4n) is 2.39. The number of likely N-dealkylation sites (N-methyl/N-ethyl adjacent to an activating group) is 1. The molecule has 0 unspecified atom stereocenters. The molecule has 1 amide bonds. The minimum atomic E-state index is -0.969. The summed E-state index contributed by atoms with van der Waals surface area (Å²) in [5, 5.41) is 9.06. The molecule has 1 aromatic rings. The molecule has 114 valence electrons. The number of nitrogens with zero attached hydrogens (tertiary/aromatic N) is 3. The molecule has 0 spiro atoms. The molecule has 0 aliphatic carbocycles. The van der Waals surface area contributed by atoms with E-state index in [1.165, 1.54) is 11.1 Å². The Morgan fingerprint density at radius 2 is 2.05 bits per heavy atom. The zero-order chi connectivity index (χ0) is 15.4. The number of hydrogen-bond acceptors (Lipinski definition) is 4. The number of aliphatic carboxylic acids is 1. The van der Waals surface area contributed by atoms with Crippen LogP contribution in [0.15, 0.2) is 12.3 Å². The molecule has 21 heavy (non-hydrogen) atoms. The van der Waals surface area contributed by atoms with Crippen molar-refractivity contribution in [2.45, 2.75) is 19.3 Å². The topological polar surface area (TPSA) is 73.7 Å². The summed E-state index contributed by atoms with van der Waals surface area (Å²) >= 11 is 6.12.